The Morgan fingerprint density at radius 3 is 1.71 bits per heavy atom. The van der Waals surface area contributed by atoms with Gasteiger partial charge in [0.25, 0.3) is 10.1 Å². The van der Waals surface area contributed by atoms with Crippen molar-refractivity contribution in [2.45, 2.75) is 236 Å². The van der Waals surface area contributed by atoms with Crippen LogP contribution in [0, 0.1) is 6.92 Å². The number of ether oxygens (including phenoxy) is 5. The van der Waals surface area contributed by atoms with Crippen molar-refractivity contribution in [3.05, 3.63) is 77.9 Å². The smallest absolute Gasteiger partial charge is 0.297 e. The third-order valence-electron chi connectivity index (χ3n) is 14.0. The summed E-state index contributed by atoms with van der Waals surface area (Å²) in [5.74, 6) is 0. The van der Waals surface area contributed by atoms with Gasteiger partial charge in [-0.25, -0.2) is 0 Å². The van der Waals surface area contributed by atoms with Gasteiger partial charge in [0.2, 0.25) is 0 Å². The van der Waals surface area contributed by atoms with E-state index in [1.165, 1.54) is 32.1 Å². The Balaban J connectivity index is 2.52. The summed E-state index contributed by atoms with van der Waals surface area (Å²) >= 11 is 0. The van der Waals surface area contributed by atoms with Crippen LogP contribution < -0.4 is 0 Å². The SMILES string of the molecule is CCCCCCCCCC[C@@H](OCOC)[C@H](CC[C@@H](O[Si](C)(C)C(C)(C)C)[C@@H](CC[C@H](O)[C@@H](/C=C/CCCOCc1ccccc1)OCOC)O[Si](C)(C)C(C)(C)C)OS(=O)(=O)c1ccc(C)cc1. The van der Waals surface area contributed by atoms with Gasteiger partial charge in [-0.2, -0.15) is 8.42 Å². The van der Waals surface area contributed by atoms with Crippen molar-refractivity contribution in [3.8, 4) is 0 Å². The van der Waals surface area contributed by atoms with Crippen LogP contribution in [0.2, 0.25) is 36.3 Å². The van der Waals surface area contributed by atoms with E-state index in [9.17, 15) is 13.5 Å². The second kappa shape index (κ2) is 32.4. The predicted octanol–water partition coefficient (Wildman–Crippen LogP) is 13.8. The average Bonchev–Trinajstić information content (AvgIpc) is 3.28. The third kappa shape index (κ3) is 24.7. The highest BCUT2D eigenvalue weighted by Gasteiger charge is 2.45. The zero-order valence-electron chi connectivity index (χ0n) is 45.7. The lowest BCUT2D eigenvalue weighted by Gasteiger charge is -2.45. The highest BCUT2D eigenvalue weighted by molar-refractivity contribution is 7.86. The molecule has 0 aliphatic heterocycles. The maximum atomic E-state index is 14.2. The van der Waals surface area contributed by atoms with Gasteiger partial charge in [-0.1, -0.05) is 160 Å². The van der Waals surface area contributed by atoms with E-state index >= 15 is 0 Å². The van der Waals surface area contributed by atoms with Gasteiger partial charge in [-0.3, -0.25) is 4.18 Å². The van der Waals surface area contributed by atoms with Gasteiger partial charge in [0, 0.05) is 20.8 Å². The van der Waals surface area contributed by atoms with Gasteiger partial charge in [0.05, 0.1) is 35.9 Å². The maximum absolute atomic E-state index is 14.2. The first-order chi connectivity index (χ1) is 32.5. The van der Waals surface area contributed by atoms with Crippen LogP contribution in [0.4, 0.5) is 0 Å². The molecule has 6 atom stereocenters. The molecule has 2 rings (SSSR count). The van der Waals surface area contributed by atoms with Gasteiger partial charge < -0.3 is 37.6 Å². The number of hydrogen-bond acceptors (Lipinski definition) is 11. The molecule has 0 bridgehead atoms. The van der Waals surface area contributed by atoms with Gasteiger partial charge in [0.1, 0.15) is 25.8 Å². The summed E-state index contributed by atoms with van der Waals surface area (Å²) in [7, 11) is -5.93. The van der Waals surface area contributed by atoms with E-state index in [4.69, 9.17) is 36.7 Å². The van der Waals surface area contributed by atoms with Crippen molar-refractivity contribution in [2.75, 3.05) is 34.4 Å². The fraction of sp³-hybridized carbons (Fsp3) is 0.745. The second-order valence-electron chi connectivity index (χ2n) is 22.0. The minimum Gasteiger partial charge on any atom is -0.411 e. The van der Waals surface area contributed by atoms with Crippen LogP contribution in [-0.4, -0.2) is 101 Å². The lowest BCUT2D eigenvalue weighted by molar-refractivity contribution is -0.112. The first-order valence-electron chi connectivity index (χ1n) is 26.0. The highest BCUT2D eigenvalue weighted by Crippen LogP contribution is 2.42. The molecule has 0 saturated heterocycles. The van der Waals surface area contributed by atoms with Crippen LogP contribution in [-0.2, 0) is 53.4 Å². The Bertz CT molecular complexity index is 1760. The Labute approximate surface area is 423 Å². The van der Waals surface area contributed by atoms with Gasteiger partial charge >= 0.3 is 0 Å². The third-order valence-corrected chi connectivity index (χ3v) is 24.3. The molecule has 11 nitrogen and oxygen atoms in total. The molecule has 69 heavy (non-hydrogen) atoms. The molecule has 2 aromatic rings. The number of unbranched alkanes of at least 4 members (excludes halogenated alkanes) is 8. The van der Waals surface area contributed by atoms with Gasteiger partial charge in [-0.05, 0) is 106 Å². The molecule has 0 aliphatic carbocycles. The van der Waals surface area contributed by atoms with Crippen molar-refractivity contribution in [3.63, 3.8) is 0 Å². The van der Waals surface area contributed by atoms with Crippen LogP contribution in [0.1, 0.15) is 156 Å². The summed E-state index contributed by atoms with van der Waals surface area (Å²) in [6, 6.07) is 16.9. The Hall–Kier alpha value is -1.80. The molecule has 0 heterocycles. The van der Waals surface area contributed by atoms with E-state index in [1.807, 2.05) is 37.3 Å². The van der Waals surface area contributed by atoms with Gasteiger partial charge in [0.15, 0.2) is 16.6 Å². The van der Waals surface area contributed by atoms with E-state index in [1.54, 1.807) is 38.5 Å². The van der Waals surface area contributed by atoms with Gasteiger partial charge in [-0.15, -0.1) is 0 Å². The van der Waals surface area contributed by atoms with E-state index in [-0.39, 0.29) is 28.6 Å². The molecule has 0 aromatic heterocycles. The molecule has 0 fully saturated rings. The summed E-state index contributed by atoms with van der Waals surface area (Å²) in [4.78, 5) is 0.105. The van der Waals surface area contributed by atoms with E-state index in [0.29, 0.717) is 45.3 Å². The zero-order valence-corrected chi connectivity index (χ0v) is 48.5. The summed E-state index contributed by atoms with van der Waals surface area (Å²) < 4.78 is 78.5. The number of methoxy groups -OCH3 is 2. The Morgan fingerprint density at radius 1 is 0.638 bits per heavy atom. The average molecular weight is 1020 g/mol. The van der Waals surface area contributed by atoms with Crippen LogP contribution in [0.25, 0.3) is 0 Å². The number of allylic oxidation sites excluding steroid dienone is 1. The first-order valence-corrected chi connectivity index (χ1v) is 33.2. The molecule has 0 radical (unpaired) electrons. The fourth-order valence-electron chi connectivity index (χ4n) is 7.55. The maximum Gasteiger partial charge on any atom is 0.297 e. The molecule has 14 heteroatoms. The standard InChI is InChI=1S/C55H98O11SSi2/c1-15-16-17-18-19-20-21-26-32-50(63-44-60-10)51(64-67(57,58)47-35-33-45(2)34-36-47)39-40-53(66-69(13,14)55(6,7)8)52(65-68(11,12)54(3,4)5)38-37-48(56)49(62-43-59-9)31-27-23-28-41-61-42-46-29-24-22-25-30-46/h22,24-25,27,29-31,33-36,48-53,56H,15-21,23,26,28,32,37-44H2,1-14H3/b31-27+/t48-,49+,50+,51-,52+,53+/m0/s1. The largest absolute Gasteiger partial charge is 0.411 e. The summed E-state index contributed by atoms with van der Waals surface area (Å²) in [6.07, 6.45) is 13.2. The van der Waals surface area contributed by atoms with Crippen molar-refractivity contribution in [2.24, 2.45) is 0 Å². The summed E-state index contributed by atoms with van der Waals surface area (Å²) in [5, 5.41) is 11.7. The quantitative estimate of drug-likeness (QED) is 0.0227. The van der Waals surface area contributed by atoms with E-state index < -0.39 is 63.4 Å². The van der Waals surface area contributed by atoms with Crippen molar-refractivity contribution in [1.29, 1.82) is 0 Å². The topological polar surface area (TPSA) is 128 Å². The lowest BCUT2D eigenvalue weighted by Crippen LogP contribution is -2.52. The molecule has 0 saturated carbocycles. The van der Waals surface area contributed by atoms with Crippen LogP contribution >= 0.6 is 0 Å². The number of aryl methyl sites for hydroxylation is 1. The second-order valence-corrected chi connectivity index (χ2v) is 33.1. The number of aliphatic hydroxyl groups is 1. The molecule has 0 aliphatic rings. The monoisotopic (exact) mass is 1020 g/mol. The molecule has 398 valence electrons. The Kier molecular flexibility index (Phi) is 29.7. The molecule has 0 unspecified atom stereocenters. The molecule has 0 spiro atoms. The number of aliphatic hydroxyl groups excluding tert-OH is 1. The minimum absolute atomic E-state index is 0.00775. The predicted molar refractivity (Wildman–Crippen MR) is 287 cm³/mol. The summed E-state index contributed by atoms with van der Waals surface area (Å²) in [6.45, 7) is 27.7. The lowest BCUT2D eigenvalue weighted by atomic mass is 9.96. The van der Waals surface area contributed by atoms with Crippen LogP contribution in [0.3, 0.4) is 0 Å². The van der Waals surface area contributed by atoms with E-state index in [0.717, 1.165) is 43.2 Å². The number of rotatable bonds is 38. The van der Waals surface area contributed by atoms with Crippen molar-refractivity contribution in [1.82, 2.24) is 0 Å². The molecule has 2 aromatic carbocycles. The van der Waals surface area contributed by atoms with Crippen molar-refractivity contribution >= 4 is 26.8 Å². The molecular formula is C55H98O11SSi2. The fourth-order valence-corrected chi connectivity index (χ4v) is 11.4. The Morgan fingerprint density at radius 2 is 1.16 bits per heavy atom. The van der Waals surface area contributed by atoms with Crippen LogP contribution in [0.15, 0.2) is 71.6 Å². The van der Waals surface area contributed by atoms with Crippen LogP contribution in [0.5, 0.6) is 0 Å². The number of benzene rings is 2. The highest BCUT2D eigenvalue weighted by atomic mass is 32.2. The van der Waals surface area contributed by atoms with E-state index in [2.05, 4.69) is 86.8 Å². The molecular weight excluding hydrogens is 925 g/mol. The molecule has 1 N–H and O–H groups in total. The molecule has 0 amide bonds. The first kappa shape index (κ1) is 63.3. The minimum atomic E-state index is -4.18. The normalized spacial score (nSPS) is 15.9. The zero-order chi connectivity index (χ0) is 51.6. The number of hydrogen-bond donors (Lipinski definition) is 1. The van der Waals surface area contributed by atoms with Crippen molar-refractivity contribution < 1.29 is 50.2 Å². The summed E-state index contributed by atoms with van der Waals surface area (Å²) in [5.41, 5.74) is 2.10.